The molecule has 0 unspecified atom stereocenters. The first kappa shape index (κ1) is 25.3. The Bertz CT molecular complexity index is 1200. The van der Waals surface area contributed by atoms with Gasteiger partial charge >= 0.3 is 0 Å². The van der Waals surface area contributed by atoms with Crippen LogP contribution >= 0.6 is 23.4 Å². The summed E-state index contributed by atoms with van der Waals surface area (Å²) in [6.07, 6.45) is 1.71. The molecule has 0 spiro atoms. The van der Waals surface area contributed by atoms with E-state index in [9.17, 15) is 9.59 Å². The van der Waals surface area contributed by atoms with Gasteiger partial charge in [-0.05, 0) is 43.7 Å². The molecule has 0 saturated carbocycles. The van der Waals surface area contributed by atoms with Crippen molar-refractivity contribution in [2.24, 2.45) is 0 Å². The van der Waals surface area contributed by atoms with Crippen LogP contribution in [0.3, 0.4) is 0 Å². The maximum atomic E-state index is 12.7. The normalized spacial score (nSPS) is 11.5. The van der Waals surface area contributed by atoms with Gasteiger partial charge in [-0.15, -0.1) is 16.8 Å². The minimum absolute atomic E-state index is 0.0922. The molecule has 1 atom stereocenters. The predicted octanol–water partition coefficient (Wildman–Crippen LogP) is 4.66. The number of aryl methyl sites for hydroxylation is 1. The SMILES string of the molecule is C=CCn1c(SCC(=O)Nc2cc(Cl)ccc2OC)nnc1[C@@H](C)NC(=O)c1ccccc1C. The summed E-state index contributed by atoms with van der Waals surface area (Å²) in [5.41, 5.74) is 1.98. The predicted molar refractivity (Wildman–Crippen MR) is 135 cm³/mol. The first-order chi connectivity index (χ1) is 16.3. The van der Waals surface area contributed by atoms with Crippen molar-refractivity contribution < 1.29 is 14.3 Å². The van der Waals surface area contributed by atoms with E-state index in [1.807, 2.05) is 36.6 Å². The van der Waals surface area contributed by atoms with Crippen LogP contribution in [0.4, 0.5) is 5.69 Å². The van der Waals surface area contributed by atoms with Crippen LogP contribution in [0.1, 0.15) is 34.7 Å². The average molecular weight is 500 g/mol. The number of methoxy groups -OCH3 is 1. The maximum Gasteiger partial charge on any atom is 0.252 e. The Labute approximate surface area is 207 Å². The minimum atomic E-state index is -0.404. The highest BCUT2D eigenvalue weighted by atomic mass is 35.5. The third-order valence-corrected chi connectivity index (χ3v) is 6.15. The van der Waals surface area contributed by atoms with Crippen LogP contribution in [0.5, 0.6) is 5.75 Å². The van der Waals surface area contributed by atoms with Gasteiger partial charge in [0.2, 0.25) is 5.91 Å². The van der Waals surface area contributed by atoms with Gasteiger partial charge in [0, 0.05) is 17.1 Å². The largest absolute Gasteiger partial charge is 0.495 e. The van der Waals surface area contributed by atoms with Gasteiger partial charge in [-0.3, -0.25) is 9.59 Å². The van der Waals surface area contributed by atoms with E-state index in [4.69, 9.17) is 16.3 Å². The van der Waals surface area contributed by atoms with Crippen LogP contribution in [0.2, 0.25) is 5.02 Å². The van der Waals surface area contributed by atoms with Gasteiger partial charge < -0.3 is 19.9 Å². The molecule has 1 aromatic heterocycles. The van der Waals surface area contributed by atoms with Crippen molar-refractivity contribution in [2.75, 3.05) is 18.2 Å². The Balaban J connectivity index is 1.69. The number of hydrogen-bond acceptors (Lipinski definition) is 6. The molecule has 0 aliphatic rings. The third-order valence-electron chi connectivity index (χ3n) is 4.95. The van der Waals surface area contributed by atoms with E-state index >= 15 is 0 Å². The van der Waals surface area contributed by atoms with Crippen LogP contribution in [0.15, 0.2) is 60.3 Å². The molecule has 0 radical (unpaired) electrons. The third kappa shape index (κ3) is 6.18. The monoisotopic (exact) mass is 499 g/mol. The fourth-order valence-corrected chi connectivity index (χ4v) is 4.22. The lowest BCUT2D eigenvalue weighted by Gasteiger charge is -2.16. The standard InChI is InChI=1S/C24H26ClN5O3S/c1-5-12-30-22(16(3)26-23(32)18-9-7-6-8-15(18)2)28-29-24(30)34-14-21(31)27-19-13-17(25)10-11-20(19)33-4/h5-11,13,16H,1,12,14H2,2-4H3,(H,26,32)(H,27,31)/t16-/m1/s1. The molecule has 0 aliphatic heterocycles. The second-order valence-electron chi connectivity index (χ2n) is 7.43. The molecule has 2 N–H and O–H groups in total. The molecule has 0 aliphatic carbocycles. The Morgan fingerprint density at radius 1 is 1.26 bits per heavy atom. The number of carbonyl (C=O) groups excluding carboxylic acids is 2. The zero-order chi connectivity index (χ0) is 24.7. The van der Waals surface area contributed by atoms with Crippen LogP contribution in [-0.2, 0) is 11.3 Å². The van der Waals surface area contributed by atoms with Crippen LogP contribution in [0.25, 0.3) is 0 Å². The lowest BCUT2D eigenvalue weighted by atomic mass is 10.1. The highest BCUT2D eigenvalue weighted by molar-refractivity contribution is 7.99. The molecular formula is C24H26ClN5O3S. The Morgan fingerprint density at radius 2 is 2.03 bits per heavy atom. The number of hydrogen-bond donors (Lipinski definition) is 2. The highest BCUT2D eigenvalue weighted by Gasteiger charge is 2.21. The number of ether oxygens (including phenoxy) is 1. The Morgan fingerprint density at radius 3 is 2.74 bits per heavy atom. The molecule has 0 fully saturated rings. The van der Waals surface area contributed by atoms with Gasteiger partial charge in [-0.2, -0.15) is 0 Å². The fourth-order valence-electron chi connectivity index (χ4n) is 3.29. The minimum Gasteiger partial charge on any atom is -0.495 e. The number of nitrogens with zero attached hydrogens (tertiary/aromatic N) is 3. The van der Waals surface area contributed by atoms with Crippen molar-refractivity contribution in [3.63, 3.8) is 0 Å². The zero-order valence-electron chi connectivity index (χ0n) is 19.2. The topological polar surface area (TPSA) is 98.1 Å². The van der Waals surface area contributed by atoms with E-state index in [1.165, 1.54) is 18.9 Å². The van der Waals surface area contributed by atoms with E-state index in [-0.39, 0.29) is 17.6 Å². The molecule has 8 nitrogen and oxygen atoms in total. The number of nitrogens with one attached hydrogen (secondary N) is 2. The average Bonchev–Trinajstić information content (AvgIpc) is 3.21. The lowest BCUT2D eigenvalue weighted by Crippen LogP contribution is -2.29. The van der Waals surface area contributed by atoms with E-state index in [2.05, 4.69) is 27.4 Å². The van der Waals surface area contributed by atoms with Gasteiger partial charge in [-0.1, -0.05) is 47.6 Å². The fraction of sp³-hybridized carbons (Fsp3) is 0.250. The molecule has 0 saturated heterocycles. The first-order valence-electron chi connectivity index (χ1n) is 10.5. The number of aromatic nitrogens is 3. The summed E-state index contributed by atoms with van der Waals surface area (Å²) in [7, 11) is 1.52. The van der Waals surface area contributed by atoms with Crippen molar-refractivity contribution in [2.45, 2.75) is 31.6 Å². The van der Waals surface area contributed by atoms with E-state index < -0.39 is 6.04 Å². The van der Waals surface area contributed by atoms with E-state index in [0.29, 0.717) is 39.5 Å². The molecule has 2 aromatic carbocycles. The summed E-state index contributed by atoms with van der Waals surface area (Å²) in [6.45, 7) is 7.95. The molecular weight excluding hydrogens is 474 g/mol. The molecule has 3 rings (SSSR count). The van der Waals surface area contributed by atoms with E-state index in [1.54, 1.807) is 30.3 Å². The number of rotatable bonds is 10. The number of allylic oxidation sites excluding steroid dienone is 1. The van der Waals surface area contributed by atoms with Gasteiger partial charge in [0.1, 0.15) is 5.75 Å². The second kappa shape index (κ2) is 11.7. The number of halogens is 1. The van der Waals surface area contributed by atoms with Crippen molar-refractivity contribution in [1.82, 2.24) is 20.1 Å². The Kier molecular flexibility index (Phi) is 8.72. The van der Waals surface area contributed by atoms with Crippen molar-refractivity contribution in [3.8, 4) is 5.75 Å². The molecule has 0 bridgehead atoms. The Hall–Kier alpha value is -3.30. The molecule has 34 heavy (non-hydrogen) atoms. The molecule has 10 heteroatoms. The summed E-state index contributed by atoms with van der Waals surface area (Å²) in [5, 5.41) is 15.3. The summed E-state index contributed by atoms with van der Waals surface area (Å²) in [4.78, 5) is 25.3. The quantitative estimate of drug-likeness (QED) is 0.311. The molecule has 2 amide bonds. The van der Waals surface area contributed by atoms with Gasteiger partial charge in [-0.25, -0.2) is 0 Å². The van der Waals surface area contributed by atoms with Crippen LogP contribution < -0.4 is 15.4 Å². The van der Waals surface area contributed by atoms with Gasteiger partial charge in [0.05, 0.1) is 24.6 Å². The number of thioether (sulfide) groups is 1. The summed E-state index contributed by atoms with van der Waals surface area (Å²) in [5.74, 6) is 0.734. The van der Waals surface area contributed by atoms with E-state index in [0.717, 1.165) is 5.56 Å². The highest BCUT2D eigenvalue weighted by Crippen LogP contribution is 2.28. The van der Waals surface area contributed by atoms with Crippen molar-refractivity contribution in [3.05, 3.63) is 77.1 Å². The summed E-state index contributed by atoms with van der Waals surface area (Å²) in [6, 6.07) is 12.0. The molecule has 3 aromatic rings. The summed E-state index contributed by atoms with van der Waals surface area (Å²) >= 11 is 7.26. The van der Waals surface area contributed by atoms with Gasteiger partial charge in [0.25, 0.3) is 5.91 Å². The number of benzene rings is 2. The number of amides is 2. The zero-order valence-corrected chi connectivity index (χ0v) is 20.7. The van der Waals surface area contributed by atoms with Crippen LogP contribution in [0, 0.1) is 6.92 Å². The first-order valence-corrected chi connectivity index (χ1v) is 11.9. The van der Waals surface area contributed by atoms with Gasteiger partial charge in [0.15, 0.2) is 11.0 Å². The number of carbonyl (C=O) groups is 2. The molecule has 1 heterocycles. The number of anilines is 1. The summed E-state index contributed by atoms with van der Waals surface area (Å²) < 4.78 is 7.09. The van der Waals surface area contributed by atoms with Crippen LogP contribution in [-0.4, -0.2) is 39.4 Å². The maximum absolute atomic E-state index is 12.7. The molecule has 178 valence electrons. The van der Waals surface area contributed by atoms with Crippen molar-refractivity contribution in [1.29, 1.82) is 0 Å². The smallest absolute Gasteiger partial charge is 0.252 e. The lowest BCUT2D eigenvalue weighted by molar-refractivity contribution is -0.113. The second-order valence-corrected chi connectivity index (χ2v) is 8.81. The van der Waals surface area contributed by atoms with Crippen molar-refractivity contribution >= 4 is 40.9 Å².